The third-order valence-electron chi connectivity index (χ3n) is 7.59. The Labute approximate surface area is 240 Å². The molecule has 3 amide bonds. The topological polar surface area (TPSA) is 105 Å². The number of rotatable bonds is 11. The number of unbranched alkanes of at least 4 members (excludes halogenated alkanes) is 1. The van der Waals surface area contributed by atoms with Gasteiger partial charge in [0.25, 0.3) is 5.91 Å². The fraction of sp³-hybridized carbons (Fsp3) is 0.621. The molecule has 4 heterocycles. The van der Waals surface area contributed by atoms with Crippen LogP contribution in [0.4, 0.5) is 4.79 Å². The molecule has 0 aliphatic carbocycles. The number of carbonyl (C=O) groups is 3. The molecule has 2 atom stereocenters. The van der Waals surface area contributed by atoms with Crippen LogP contribution in [-0.2, 0) is 20.8 Å². The van der Waals surface area contributed by atoms with Crippen molar-refractivity contribution in [3.8, 4) is 10.6 Å². The first-order valence-electron chi connectivity index (χ1n) is 14.2. The molecule has 2 aromatic heterocycles. The predicted molar refractivity (Wildman–Crippen MR) is 154 cm³/mol. The van der Waals surface area contributed by atoms with Crippen LogP contribution in [0.1, 0.15) is 43.6 Å². The first-order chi connectivity index (χ1) is 19.3. The Morgan fingerprint density at radius 2 is 1.90 bits per heavy atom. The summed E-state index contributed by atoms with van der Waals surface area (Å²) in [5, 5.41) is 12.0. The molecule has 0 bridgehead atoms. The molecule has 0 radical (unpaired) electrons. The smallest absolute Gasteiger partial charge is 0.407 e. The van der Waals surface area contributed by atoms with E-state index in [0.717, 1.165) is 23.4 Å². The Balaban J connectivity index is 1.63. The van der Waals surface area contributed by atoms with Crippen LogP contribution in [0.5, 0.6) is 0 Å². The number of piperidine rings is 1. The summed E-state index contributed by atoms with van der Waals surface area (Å²) in [6.07, 6.45) is 1.11. The van der Waals surface area contributed by atoms with E-state index >= 15 is 0 Å². The van der Waals surface area contributed by atoms with Gasteiger partial charge in [0.2, 0.25) is 5.91 Å². The molecule has 220 valence electrons. The molecule has 2 saturated heterocycles. The number of ether oxygens (including phenoxy) is 2. The summed E-state index contributed by atoms with van der Waals surface area (Å²) in [5.74, 6) is -0.520. The molecular formula is C29H42N4O6S. The summed E-state index contributed by atoms with van der Waals surface area (Å²) in [6, 6.07) is 7.53. The Morgan fingerprint density at radius 1 is 1.12 bits per heavy atom. The highest BCUT2D eigenvalue weighted by atomic mass is 32.1. The zero-order chi connectivity index (χ0) is 28.6. The Kier molecular flexibility index (Phi) is 10.6. The second-order valence-electron chi connectivity index (χ2n) is 11.0. The third kappa shape index (κ3) is 7.24. The first kappa shape index (κ1) is 30.1. The van der Waals surface area contributed by atoms with Crippen LogP contribution in [0, 0.1) is 11.8 Å². The van der Waals surface area contributed by atoms with Gasteiger partial charge in [0, 0.05) is 53.0 Å². The van der Waals surface area contributed by atoms with E-state index < -0.39 is 18.1 Å². The van der Waals surface area contributed by atoms with Crippen LogP contribution in [0.25, 0.3) is 10.6 Å². The highest BCUT2D eigenvalue weighted by molar-refractivity contribution is 7.13. The van der Waals surface area contributed by atoms with Crippen molar-refractivity contribution in [1.82, 2.24) is 19.3 Å². The number of amides is 3. The molecule has 2 aliphatic heterocycles. The van der Waals surface area contributed by atoms with Gasteiger partial charge in [0.05, 0.1) is 35.7 Å². The molecule has 0 unspecified atom stereocenters. The molecule has 2 aliphatic rings. The number of hydrogen-bond donors (Lipinski definition) is 1. The van der Waals surface area contributed by atoms with Crippen molar-refractivity contribution >= 4 is 29.2 Å². The van der Waals surface area contributed by atoms with Crippen molar-refractivity contribution in [2.75, 3.05) is 59.7 Å². The van der Waals surface area contributed by atoms with Crippen molar-refractivity contribution in [1.29, 1.82) is 0 Å². The molecule has 11 heteroatoms. The number of hydrogen-bond acceptors (Lipinski definition) is 6. The number of morpholine rings is 1. The van der Waals surface area contributed by atoms with Crippen LogP contribution in [-0.4, -0.2) is 108 Å². The number of thiophene rings is 1. The van der Waals surface area contributed by atoms with Crippen LogP contribution in [0.2, 0.25) is 0 Å². The molecule has 0 aromatic carbocycles. The van der Waals surface area contributed by atoms with Crippen LogP contribution < -0.4 is 0 Å². The predicted octanol–water partition coefficient (Wildman–Crippen LogP) is 3.97. The highest BCUT2D eigenvalue weighted by Crippen LogP contribution is 2.30. The van der Waals surface area contributed by atoms with Gasteiger partial charge in [-0.15, -0.1) is 11.3 Å². The molecule has 0 saturated carbocycles. The van der Waals surface area contributed by atoms with Gasteiger partial charge in [-0.2, -0.15) is 0 Å². The third-order valence-corrected chi connectivity index (χ3v) is 8.48. The molecule has 1 N–H and O–H groups in total. The van der Waals surface area contributed by atoms with E-state index in [9.17, 15) is 19.5 Å². The van der Waals surface area contributed by atoms with Crippen LogP contribution >= 0.6 is 11.3 Å². The zero-order valence-corrected chi connectivity index (χ0v) is 24.6. The number of methoxy groups -OCH3 is 1. The maximum absolute atomic E-state index is 14.3. The van der Waals surface area contributed by atoms with Gasteiger partial charge in [-0.3, -0.25) is 9.59 Å². The molecule has 2 fully saturated rings. The molecule has 2 aromatic rings. The maximum Gasteiger partial charge on any atom is 0.407 e. The molecule has 10 nitrogen and oxygen atoms in total. The Morgan fingerprint density at radius 3 is 2.55 bits per heavy atom. The minimum Gasteiger partial charge on any atom is -0.465 e. The summed E-state index contributed by atoms with van der Waals surface area (Å²) < 4.78 is 12.7. The van der Waals surface area contributed by atoms with Gasteiger partial charge in [0.15, 0.2) is 0 Å². The molecule has 40 heavy (non-hydrogen) atoms. The van der Waals surface area contributed by atoms with E-state index in [1.54, 1.807) is 23.3 Å². The standard InChI is InChI=1S/C29H42N4O6S/c1-21(2)18-33(23-17-22(19-31(20-23)29(36)37)27(34)30-11-14-39-15-12-30)28(35)25-9-8-24(26-7-6-16-40-26)32(25)10-4-5-13-38-3/h6-9,16,21-23H,4-5,10-15,17-20H2,1-3H3,(H,36,37)/t22-,23+/m1/s1. The fourth-order valence-corrected chi connectivity index (χ4v) is 6.42. The van der Waals surface area contributed by atoms with Crippen LogP contribution in [0.15, 0.2) is 29.6 Å². The van der Waals surface area contributed by atoms with Crippen molar-refractivity contribution in [3.05, 3.63) is 35.3 Å². The zero-order valence-electron chi connectivity index (χ0n) is 23.8. The van der Waals surface area contributed by atoms with E-state index in [1.165, 1.54) is 4.90 Å². The van der Waals surface area contributed by atoms with Crippen molar-refractivity contribution < 1.29 is 29.0 Å². The normalized spacial score (nSPS) is 19.7. The summed E-state index contributed by atoms with van der Waals surface area (Å²) in [4.78, 5) is 45.9. The summed E-state index contributed by atoms with van der Waals surface area (Å²) in [6.45, 7) is 8.20. The van der Waals surface area contributed by atoms with Crippen molar-refractivity contribution in [2.24, 2.45) is 11.8 Å². The summed E-state index contributed by atoms with van der Waals surface area (Å²) >= 11 is 1.63. The van der Waals surface area contributed by atoms with E-state index in [1.807, 2.05) is 28.5 Å². The van der Waals surface area contributed by atoms with Gasteiger partial charge in [-0.05, 0) is 48.8 Å². The maximum atomic E-state index is 14.3. The fourth-order valence-electron chi connectivity index (χ4n) is 5.66. The van der Waals surface area contributed by atoms with E-state index in [0.29, 0.717) is 58.1 Å². The lowest BCUT2D eigenvalue weighted by Gasteiger charge is -2.43. The summed E-state index contributed by atoms with van der Waals surface area (Å²) in [5.41, 5.74) is 1.58. The molecule has 4 rings (SSSR count). The van der Waals surface area contributed by atoms with Gasteiger partial charge < -0.3 is 33.8 Å². The molecular weight excluding hydrogens is 532 g/mol. The van der Waals surface area contributed by atoms with Gasteiger partial charge in [-0.1, -0.05) is 19.9 Å². The monoisotopic (exact) mass is 574 g/mol. The van der Waals surface area contributed by atoms with Crippen molar-refractivity contribution in [3.63, 3.8) is 0 Å². The SMILES string of the molecule is COCCCCn1c(C(=O)N(CC(C)C)[C@H]2C[C@@H](C(=O)N3CCOCC3)CN(C(=O)O)C2)ccc1-c1cccs1. The summed E-state index contributed by atoms with van der Waals surface area (Å²) in [7, 11) is 1.69. The lowest BCUT2D eigenvalue weighted by atomic mass is 9.91. The minimum absolute atomic E-state index is 0.0577. The largest absolute Gasteiger partial charge is 0.465 e. The van der Waals surface area contributed by atoms with Crippen LogP contribution in [0.3, 0.4) is 0 Å². The number of likely N-dealkylation sites (tertiary alicyclic amines) is 1. The number of carbonyl (C=O) groups excluding carboxylic acids is 2. The number of aromatic nitrogens is 1. The van der Waals surface area contributed by atoms with Gasteiger partial charge in [-0.25, -0.2) is 4.79 Å². The van der Waals surface area contributed by atoms with Gasteiger partial charge >= 0.3 is 6.09 Å². The Hall–Kier alpha value is -2.89. The molecule has 0 spiro atoms. The average Bonchev–Trinajstić information content (AvgIpc) is 3.63. The van der Waals surface area contributed by atoms with E-state index in [2.05, 4.69) is 24.5 Å². The minimum atomic E-state index is -1.07. The Bertz CT molecular complexity index is 1130. The first-order valence-corrected chi connectivity index (χ1v) is 15.1. The van der Waals surface area contributed by atoms with E-state index in [4.69, 9.17) is 9.47 Å². The van der Waals surface area contributed by atoms with E-state index in [-0.39, 0.29) is 30.8 Å². The second kappa shape index (κ2) is 14.1. The quantitative estimate of drug-likeness (QED) is 0.408. The lowest BCUT2D eigenvalue weighted by Crippen LogP contribution is -2.58. The average molecular weight is 575 g/mol. The lowest BCUT2D eigenvalue weighted by molar-refractivity contribution is -0.142. The number of carboxylic acid groups (broad SMARTS) is 1. The number of nitrogens with zero attached hydrogens (tertiary/aromatic N) is 4. The second-order valence-corrected chi connectivity index (χ2v) is 11.9. The van der Waals surface area contributed by atoms with Gasteiger partial charge in [0.1, 0.15) is 5.69 Å². The van der Waals surface area contributed by atoms with Crippen molar-refractivity contribution in [2.45, 2.75) is 45.7 Å². The highest BCUT2D eigenvalue weighted by Gasteiger charge is 2.40.